The number of rotatable bonds is 4. The summed E-state index contributed by atoms with van der Waals surface area (Å²) in [5.41, 5.74) is 6.78. The second-order valence-corrected chi connectivity index (χ2v) is 5.24. The molecule has 2 heterocycles. The fourth-order valence-corrected chi connectivity index (χ4v) is 2.75. The molecule has 0 radical (unpaired) electrons. The standard InChI is InChI=1S/C12H19N3S/c13-5-1-2-11-3-4-12(14-10-11)15-6-8-16-9-7-15/h3-4,10H,1-2,5-9,13H2. The molecule has 4 heteroatoms. The minimum absolute atomic E-state index is 0.755. The molecule has 0 spiro atoms. The average Bonchev–Trinajstić information content (AvgIpc) is 2.38. The van der Waals surface area contributed by atoms with Gasteiger partial charge in [-0.2, -0.15) is 11.8 Å². The average molecular weight is 237 g/mol. The summed E-state index contributed by atoms with van der Waals surface area (Å²) in [7, 11) is 0. The summed E-state index contributed by atoms with van der Waals surface area (Å²) in [6.07, 6.45) is 4.08. The molecule has 1 aromatic heterocycles. The highest BCUT2D eigenvalue weighted by atomic mass is 32.2. The van der Waals surface area contributed by atoms with Gasteiger partial charge in [0.2, 0.25) is 0 Å². The van der Waals surface area contributed by atoms with Crippen LogP contribution in [0.15, 0.2) is 18.3 Å². The first-order valence-corrected chi connectivity index (χ1v) is 7.03. The Kier molecular flexibility index (Phi) is 4.48. The molecule has 1 aliphatic heterocycles. The van der Waals surface area contributed by atoms with Crippen molar-refractivity contribution in [3.63, 3.8) is 0 Å². The monoisotopic (exact) mass is 237 g/mol. The fourth-order valence-electron chi connectivity index (χ4n) is 1.85. The first-order valence-electron chi connectivity index (χ1n) is 5.88. The normalized spacial score (nSPS) is 16.4. The van der Waals surface area contributed by atoms with Crippen LogP contribution in [0.5, 0.6) is 0 Å². The minimum atomic E-state index is 0.755. The van der Waals surface area contributed by atoms with E-state index in [1.165, 1.54) is 17.1 Å². The molecule has 0 aromatic carbocycles. The third-order valence-electron chi connectivity index (χ3n) is 2.81. The smallest absolute Gasteiger partial charge is 0.128 e. The molecule has 88 valence electrons. The van der Waals surface area contributed by atoms with Gasteiger partial charge in [0.15, 0.2) is 0 Å². The van der Waals surface area contributed by atoms with Gasteiger partial charge < -0.3 is 10.6 Å². The van der Waals surface area contributed by atoms with Crippen LogP contribution >= 0.6 is 11.8 Å². The van der Waals surface area contributed by atoms with E-state index >= 15 is 0 Å². The van der Waals surface area contributed by atoms with Gasteiger partial charge in [0, 0.05) is 30.8 Å². The van der Waals surface area contributed by atoms with E-state index in [0.29, 0.717) is 0 Å². The number of hydrogen-bond donors (Lipinski definition) is 1. The number of thioether (sulfide) groups is 1. The lowest BCUT2D eigenvalue weighted by Gasteiger charge is -2.27. The lowest BCUT2D eigenvalue weighted by Crippen LogP contribution is -2.33. The summed E-state index contributed by atoms with van der Waals surface area (Å²) < 4.78 is 0. The van der Waals surface area contributed by atoms with Crippen LogP contribution in [-0.2, 0) is 6.42 Å². The lowest BCUT2D eigenvalue weighted by atomic mass is 10.1. The largest absolute Gasteiger partial charge is 0.355 e. The van der Waals surface area contributed by atoms with Crippen molar-refractivity contribution in [3.05, 3.63) is 23.9 Å². The number of anilines is 1. The topological polar surface area (TPSA) is 42.1 Å². The van der Waals surface area contributed by atoms with Crippen molar-refractivity contribution in [2.24, 2.45) is 5.73 Å². The lowest BCUT2D eigenvalue weighted by molar-refractivity contribution is 0.817. The zero-order valence-electron chi connectivity index (χ0n) is 9.56. The predicted octanol–water partition coefficient (Wildman–Crippen LogP) is 1.53. The molecule has 16 heavy (non-hydrogen) atoms. The summed E-state index contributed by atoms with van der Waals surface area (Å²) in [6.45, 7) is 3.00. The third-order valence-corrected chi connectivity index (χ3v) is 3.76. The first kappa shape index (κ1) is 11.7. The van der Waals surface area contributed by atoms with Gasteiger partial charge in [-0.05, 0) is 31.0 Å². The second kappa shape index (κ2) is 6.11. The Labute approximate surface area is 101 Å². The van der Waals surface area contributed by atoms with Crippen LogP contribution < -0.4 is 10.6 Å². The maximum atomic E-state index is 5.49. The van der Waals surface area contributed by atoms with Gasteiger partial charge in [0.25, 0.3) is 0 Å². The van der Waals surface area contributed by atoms with E-state index in [0.717, 1.165) is 38.3 Å². The number of aryl methyl sites for hydroxylation is 1. The van der Waals surface area contributed by atoms with Gasteiger partial charge in [0.05, 0.1) is 0 Å². The quantitative estimate of drug-likeness (QED) is 0.862. The van der Waals surface area contributed by atoms with E-state index < -0.39 is 0 Å². The van der Waals surface area contributed by atoms with Gasteiger partial charge in [-0.25, -0.2) is 4.98 Å². The molecule has 1 aromatic rings. The van der Waals surface area contributed by atoms with Crippen LogP contribution in [0, 0.1) is 0 Å². The van der Waals surface area contributed by atoms with Gasteiger partial charge in [-0.3, -0.25) is 0 Å². The Hall–Kier alpha value is -0.740. The van der Waals surface area contributed by atoms with E-state index in [2.05, 4.69) is 22.0 Å². The van der Waals surface area contributed by atoms with Crippen molar-refractivity contribution in [1.82, 2.24) is 4.98 Å². The predicted molar refractivity (Wildman–Crippen MR) is 71.2 cm³/mol. The summed E-state index contributed by atoms with van der Waals surface area (Å²) >= 11 is 2.02. The molecule has 0 atom stereocenters. The first-order chi connectivity index (χ1) is 7.90. The molecule has 0 amide bonds. The summed E-state index contributed by atoms with van der Waals surface area (Å²) in [5.74, 6) is 3.56. The molecule has 3 nitrogen and oxygen atoms in total. The van der Waals surface area contributed by atoms with E-state index in [1.54, 1.807) is 0 Å². The zero-order valence-corrected chi connectivity index (χ0v) is 10.4. The zero-order chi connectivity index (χ0) is 11.2. The van der Waals surface area contributed by atoms with Crippen molar-refractivity contribution in [3.8, 4) is 0 Å². The van der Waals surface area contributed by atoms with Crippen molar-refractivity contribution >= 4 is 17.6 Å². The van der Waals surface area contributed by atoms with E-state index in [1.807, 2.05) is 18.0 Å². The highest BCUT2D eigenvalue weighted by Gasteiger charge is 2.11. The van der Waals surface area contributed by atoms with Gasteiger partial charge in [-0.1, -0.05) is 6.07 Å². The third kappa shape index (κ3) is 3.12. The molecular formula is C12H19N3S. The van der Waals surface area contributed by atoms with Crippen molar-refractivity contribution in [2.45, 2.75) is 12.8 Å². The van der Waals surface area contributed by atoms with Crippen molar-refractivity contribution in [2.75, 3.05) is 36.0 Å². The van der Waals surface area contributed by atoms with Crippen LogP contribution in [-0.4, -0.2) is 36.1 Å². The Morgan fingerprint density at radius 1 is 1.31 bits per heavy atom. The summed E-state index contributed by atoms with van der Waals surface area (Å²) in [5, 5.41) is 0. The molecule has 2 N–H and O–H groups in total. The fraction of sp³-hybridized carbons (Fsp3) is 0.583. The van der Waals surface area contributed by atoms with Crippen molar-refractivity contribution in [1.29, 1.82) is 0 Å². The summed E-state index contributed by atoms with van der Waals surface area (Å²) in [6, 6.07) is 4.32. The van der Waals surface area contributed by atoms with Gasteiger partial charge >= 0.3 is 0 Å². The van der Waals surface area contributed by atoms with E-state index in [9.17, 15) is 0 Å². The molecule has 0 unspecified atom stereocenters. The van der Waals surface area contributed by atoms with Gasteiger partial charge in [0.1, 0.15) is 5.82 Å². The molecule has 1 fully saturated rings. The number of pyridine rings is 1. The van der Waals surface area contributed by atoms with Crippen LogP contribution in [0.1, 0.15) is 12.0 Å². The molecule has 0 bridgehead atoms. The SMILES string of the molecule is NCCCc1ccc(N2CCSCC2)nc1. The Morgan fingerprint density at radius 3 is 2.75 bits per heavy atom. The number of aromatic nitrogens is 1. The molecule has 1 aliphatic rings. The Morgan fingerprint density at radius 2 is 2.12 bits per heavy atom. The Bertz CT molecular complexity index is 307. The maximum Gasteiger partial charge on any atom is 0.128 e. The van der Waals surface area contributed by atoms with Crippen molar-refractivity contribution < 1.29 is 0 Å². The van der Waals surface area contributed by atoms with E-state index in [4.69, 9.17) is 5.73 Å². The summed E-state index contributed by atoms with van der Waals surface area (Å²) in [4.78, 5) is 6.90. The van der Waals surface area contributed by atoms with Crippen LogP contribution in [0.3, 0.4) is 0 Å². The molecular weight excluding hydrogens is 218 g/mol. The van der Waals surface area contributed by atoms with Crippen LogP contribution in [0.2, 0.25) is 0 Å². The van der Waals surface area contributed by atoms with E-state index in [-0.39, 0.29) is 0 Å². The van der Waals surface area contributed by atoms with Gasteiger partial charge in [-0.15, -0.1) is 0 Å². The molecule has 0 saturated carbocycles. The number of nitrogens with two attached hydrogens (primary N) is 1. The second-order valence-electron chi connectivity index (χ2n) is 4.02. The molecule has 2 rings (SSSR count). The maximum absolute atomic E-state index is 5.49. The number of hydrogen-bond acceptors (Lipinski definition) is 4. The molecule has 1 saturated heterocycles. The van der Waals surface area contributed by atoms with Crippen LogP contribution in [0.25, 0.3) is 0 Å². The highest BCUT2D eigenvalue weighted by molar-refractivity contribution is 7.99. The number of nitrogens with zero attached hydrogens (tertiary/aromatic N) is 2. The highest BCUT2D eigenvalue weighted by Crippen LogP contribution is 2.17. The Balaban J connectivity index is 1.95. The molecule has 0 aliphatic carbocycles. The van der Waals surface area contributed by atoms with Crippen LogP contribution in [0.4, 0.5) is 5.82 Å². The minimum Gasteiger partial charge on any atom is -0.355 e.